The SMILES string of the molecule is NNc1cc(N2CCN(C3CC3)CC2)nc(N)n1. The average Bonchev–Trinajstić information content (AvgIpc) is 3.22. The maximum atomic E-state index is 5.67. The Bertz CT molecular complexity index is 423. The van der Waals surface area contributed by atoms with Gasteiger partial charge in [0.05, 0.1) is 0 Å². The molecule has 0 bridgehead atoms. The summed E-state index contributed by atoms with van der Waals surface area (Å²) < 4.78 is 0. The molecule has 1 saturated heterocycles. The van der Waals surface area contributed by atoms with E-state index in [9.17, 15) is 0 Å². The fourth-order valence-corrected chi connectivity index (χ4v) is 2.44. The molecule has 0 atom stereocenters. The molecule has 98 valence electrons. The zero-order chi connectivity index (χ0) is 12.5. The largest absolute Gasteiger partial charge is 0.368 e. The monoisotopic (exact) mass is 249 g/mol. The van der Waals surface area contributed by atoms with Crippen molar-refractivity contribution in [3.8, 4) is 0 Å². The Hall–Kier alpha value is -1.60. The van der Waals surface area contributed by atoms with Crippen LogP contribution in [0.2, 0.25) is 0 Å². The first kappa shape index (κ1) is 11.5. The van der Waals surface area contributed by atoms with E-state index in [1.54, 1.807) is 0 Å². The summed E-state index contributed by atoms with van der Waals surface area (Å²) in [6, 6.07) is 2.67. The Labute approximate surface area is 106 Å². The van der Waals surface area contributed by atoms with Gasteiger partial charge in [-0.3, -0.25) is 4.90 Å². The van der Waals surface area contributed by atoms with Crippen molar-refractivity contribution in [2.45, 2.75) is 18.9 Å². The second-order valence-corrected chi connectivity index (χ2v) is 4.87. The van der Waals surface area contributed by atoms with Gasteiger partial charge in [0.15, 0.2) is 0 Å². The maximum absolute atomic E-state index is 5.67. The lowest BCUT2D eigenvalue weighted by Crippen LogP contribution is -2.47. The predicted molar refractivity (Wildman–Crippen MR) is 71.1 cm³/mol. The molecule has 2 fully saturated rings. The summed E-state index contributed by atoms with van der Waals surface area (Å²) in [6.07, 6.45) is 2.73. The number of aromatic nitrogens is 2. The van der Waals surface area contributed by atoms with Crippen LogP contribution in [0.4, 0.5) is 17.6 Å². The second-order valence-electron chi connectivity index (χ2n) is 4.87. The van der Waals surface area contributed by atoms with Crippen molar-refractivity contribution in [2.75, 3.05) is 42.2 Å². The van der Waals surface area contributed by atoms with Crippen LogP contribution in [-0.4, -0.2) is 47.1 Å². The van der Waals surface area contributed by atoms with Crippen molar-refractivity contribution in [3.05, 3.63) is 6.07 Å². The van der Waals surface area contributed by atoms with Crippen molar-refractivity contribution in [2.24, 2.45) is 5.84 Å². The molecular formula is C11H19N7. The van der Waals surface area contributed by atoms with Crippen molar-refractivity contribution in [3.63, 3.8) is 0 Å². The van der Waals surface area contributed by atoms with E-state index in [-0.39, 0.29) is 5.95 Å². The molecule has 1 saturated carbocycles. The summed E-state index contributed by atoms with van der Waals surface area (Å²) in [5.41, 5.74) is 8.19. The smallest absolute Gasteiger partial charge is 0.223 e. The number of nitrogen functional groups attached to an aromatic ring is 2. The highest BCUT2D eigenvalue weighted by Crippen LogP contribution is 2.28. The van der Waals surface area contributed by atoms with E-state index in [2.05, 4.69) is 25.2 Å². The van der Waals surface area contributed by atoms with Crippen LogP contribution in [0.1, 0.15) is 12.8 Å². The molecule has 1 aliphatic carbocycles. The van der Waals surface area contributed by atoms with Crippen LogP contribution >= 0.6 is 0 Å². The van der Waals surface area contributed by atoms with Crippen LogP contribution in [0.5, 0.6) is 0 Å². The highest BCUT2D eigenvalue weighted by molar-refractivity contribution is 5.52. The molecule has 1 aromatic rings. The van der Waals surface area contributed by atoms with E-state index in [4.69, 9.17) is 11.6 Å². The predicted octanol–water partition coefficient (Wildman–Crippen LogP) is -0.371. The number of hydrogen-bond donors (Lipinski definition) is 3. The minimum atomic E-state index is 0.255. The Balaban J connectivity index is 1.69. The van der Waals surface area contributed by atoms with Crippen molar-refractivity contribution >= 4 is 17.6 Å². The molecule has 7 heteroatoms. The number of hydrogen-bond acceptors (Lipinski definition) is 7. The third-order valence-electron chi connectivity index (χ3n) is 3.58. The fraction of sp³-hybridized carbons (Fsp3) is 0.636. The van der Waals surface area contributed by atoms with E-state index in [0.717, 1.165) is 38.0 Å². The van der Waals surface area contributed by atoms with Crippen molar-refractivity contribution < 1.29 is 0 Å². The normalized spacial score (nSPS) is 21.1. The van der Waals surface area contributed by atoms with E-state index in [0.29, 0.717) is 5.82 Å². The second kappa shape index (κ2) is 4.58. The lowest BCUT2D eigenvalue weighted by molar-refractivity contribution is 0.247. The van der Waals surface area contributed by atoms with Gasteiger partial charge < -0.3 is 16.1 Å². The van der Waals surface area contributed by atoms with E-state index < -0.39 is 0 Å². The molecule has 0 aromatic carbocycles. The molecule has 5 N–H and O–H groups in total. The number of piperazine rings is 1. The quantitative estimate of drug-likeness (QED) is 0.496. The Kier molecular flexibility index (Phi) is 2.92. The molecule has 18 heavy (non-hydrogen) atoms. The topological polar surface area (TPSA) is 96.3 Å². The summed E-state index contributed by atoms with van der Waals surface area (Å²) in [5.74, 6) is 7.03. The van der Waals surface area contributed by atoms with Gasteiger partial charge in [0.1, 0.15) is 11.6 Å². The van der Waals surface area contributed by atoms with E-state index in [1.165, 1.54) is 12.8 Å². The number of anilines is 3. The zero-order valence-electron chi connectivity index (χ0n) is 10.3. The molecule has 1 aromatic heterocycles. The number of hydrazine groups is 1. The van der Waals surface area contributed by atoms with Crippen molar-refractivity contribution in [1.29, 1.82) is 0 Å². The summed E-state index contributed by atoms with van der Waals surface area (Å²) in [6.45, 7) is 4.16. The maximum Gasteiger partial charge on any atom is 0.223 e. The molecule has 2 aliphatic rings. The lowest BCUT2D eigenvalue weighted by atomic mass is 10.3. The standard InChI is InChI=1S/C11H19N7/c12-11-14-9(16-13)7-10(15-11)18-5-3-17(4-6-18)8-1-2-8/h7-8H,1-6,13H2,(H3,12,14,15,16). The minimum absolute atomic E-state index is 0.255. The van der Waals surface area contributed by atoms with Gasteiger partial charge in [-0.2, -0.15) is 9.97 Å². The van der Waals surface area contributed by atoms with Gasteiger partial charge in [0.2, 0.25) is 5.95 Å². The Morgan fingerprint density at radius 1 is 1.17 bits per heavy atom. The first-order valence-corrected chi connectivity index (χ1v) is 6.36. The number of rotatable bonds is 3. The van der Waals surface area contributed by atoms with E-state index in [1.807, 2.05) is 6.07 Å². The van der Waals surface area contributed by atoms with Crippen molar-refractivity contribution in [1.82, 2.24) is 14.9 Å². The third-order valence-corrected chi connectivity index (χ3v) is 3.58. The Morgan fingerprint density at radius 2 is 1.89 bits per heavy atom. The highest BCUT2D eigenvalue weighted by atomic mass is 15.3. The molecule has 7 nitrogen and oxygen atoms in total. The summed E-state index contributed by atoms with van der Waals surface area (Å²) >= 11 is 0. The van der Waals surface area contributed by atoms with Crippen LogP contribution in [0.15, 0.2) is 6.07 Å². The van der Waals surface area contributed by atoms with Crippen LogP contribution < -0.4 is 21.9 Å². The minimum Gasteiger partial charge on any atom is -0.368 e. The molecule has 0 amide bonds. The summed E-state index contributed by atoms with van der Waals surface area (Å²) in [4.78, 5) is 13.1. The van der Waals surface area contributed by atoms with Crippen LogP contribution in [0, 0.1) is 0 Å². The van der Waals surface area contributed by atoms with Gasteiger partial charge in [-0.15, -0.1) is 0 Å². The molecule has 0 radical (unpaired) electrons. The first-order valence-electron chi connectivity index (χ1n) is 6.36. The fourth-order valence-electron chi connectivity index (χ4n) is 2.44. The molecule has 3 rings (SSSR count). The third kappa shape index (κ3) is 2.32. The van der Waals surface area contributed by atoms with E-state index >= 15 is 0 Å². The summed E-state index contributed by atoms with van der Waals surface area (Å²) in [5, 5.41) is 0. The average molecular weight is 249 g/mol. The summed E-state index contributed by atoms with van der Waals surface area (Å²) in [7, 11) is 0. The van der Waals surface area contributed by atoms with Crippen LogP contribution in [-0.2, 0) is 0 Å². The van der Waals surface area contributed by atoms with Crippen LogP contribution in [0.25, 0.3) is 0 Å². The molecule has 1 aliphatic heterocycles. The number of nitrogens with two attached hydrogens (primary N) is 2. The van der Waals surface area contributed by atoms with Gasteiger partial charge in [-0.05, 0) is 12.8 Å². The van der Waals surface area contributed by atoms with Gasteiger partial charge >= 0.3 is 0 Å². The van der Waals surface area contributed by atoms with Crippen LogP contribution in [0.3, 0.4) is 0 Å². The van der Waals surface area contributed by atoms with Gasteiger partial charge in [-0.1, -0.05) is 0 Å². The molecule has 0 spiro atoms. The Morgan fingerprint density at radius 3 is 2.50 bits per heavy atom. The zero-order valence-corrected chi connectivity index (χ0v) is 10.3. The molecule has 2 heterocycles. The first-order chi connectivity index (χ1) is 8.76. The molecule has 0 unspecified atom stereocenters. The van der Waals surface area contributed by atoms with Gasteiger partial charge in [0.25, 0.3) is 0 Å². The lowest BCUT2D eigenvalue weighted by Gasteiger charge is -2.35. The highest BCUT2D eigenvalue weighted by Gasteiger charge is 2.31. The molecular weight excluding hydrogens is 230 g/mol. The van der Waals surface area contributed by atoms with Gasteiger partial charge in [-0.25, -0.2) is 5.84 Å². The number of nitrogens with one attached hydrogen (secondary N) is 1. The van der Waals surface area contributed by atoms with Gasteiger partial charge in [0, 0.05) is 38.3 Å². The number of nitrogens with zero attached hydrogens (tertiary/aromatic N) is 4.